The molecular formula is C22H22N2O5. The van der Waals surface area contributed by atoms with Crippen LogP contribution in [-0.2, 0) is 20.8 Å². The van der Waals surface area contributed by atoms with Crippen LogP contribution >= 0.6 is 0 Å². The van der Waals surface area contributed by atoms with E-state index in [1.807, 2.05) is 36.4 Å². The summed E-state index contributed by atoms with van der Waals surface area (Å²) >= 11 is 0. The molecule has 7 heteroatoms. The lowest BCUT2D eigenvalue weighted by Gasteiger charge is -2.38. The number of nitrogens with one attached hydrogen (secondary N) is 1. The van der Waals surface area contributed by atoms with Crippen molar-refractivity contribution in [3.63, 3.8) is 0 Å². The number of nitrogens with zero attached hydrogens (tertiary/aromatic N) is 1. The van der Waals surface area contributed by atoms with Crippen molar-refractivity contribution in [3.05, 3.63) is 53.6 Å². The van der Waals surface area contributed by atoms with E-state index in [9.17, 15) is 14.4 Å². The van der Waals surface area contributed by atoms with Crippen molar-refractivity contribution in [1.82, 2.24) is 10.2 Å². The number of carbonyl (C=O) groups is 3. The smallest absolute Gasteiger partial charge is 0.322 e. The number of hydrogen-bond acceptors (Lipinski definition) is 4. The second kappa shape index (κ2) is 7.58. The molecule has 2 atom stereocenters. The molecule has 0 radical (unpaired) electrons. The van der Waals surface area contributed by atoms with E-state index < -0.39 is 24.5 Å². The Morgan fingerprint density at radius 1 is 1.24 bits per heavy atom. The van der Waals surface area contributed by atoms with Crippen LogP contribution in [-0.4, -0.2) is 47.5 Å². The van der Waals surface area contributed by atoms with E-state index in [4.69, 9.17) is 9.84 Å². The van der Waals surface area contributed by atoms with Gasteiger partial charge in [-0.15, -0.1) is 0 Å². The standard InChI is InChI=1S/C22H22N2O5/c1-29-19-5-3-2-4-15(19)13-6-7-14-11-18(22(28)23-12-21(26)27)24-17(16(14)10-13)8-9-20(24)25/h2-7,10,17-18H,8-9,11-12H2,1H3,(H,23,28)(H,26,27)/t17-,18+/m1/s1. The molecule has 2 aliphatic heterocycles. The SMILES string of the molecule is COc1ccccc1-c1ccc2c(c1)[C@H]1CCC(=O)N1[C@H](C(=O)NCC(=O)O)C2. The van der Waals surface area contributed by atoms with Gasteiger partial charge >= 0.3 is 5.97 Å². The Kier molecular flexibility index (Phi) is 4.96. The number of amides is 2. The van der Waals surface area contributed by atoms with Crippen molar-refractivity contribution in [1.29, 1.82) is 0 Å². The summed E-state index contributed by atoms with van der Waals surface area (Å²) in [6.07, 6.45) is 1.39. The predicted molar refractivity (Wildman–Crippen MR) is 105 cm³/mol. The molecule has 0 bridgehead atoms. The molecule has 2 aromatic carbocycles. The van der Waals surface area contributed by atoms with E-state index >= 15 is 0 Å². The van der Waals surface area contributed by atoms with Crippen molar-refractivity contribution in [2.75, 3.05) is 13.7 Å². The highest BCUT2D eigenvalue weighted by Gasteiger charge is 2.44. The van der Waals surface area contributed by atoms with E-state index in [-0.39, 0.29) is 11.9 Å². The fourth-order valence-electron chi connectivity index (χ4n) is 4.35. The molecule has 2 heterocycles. The van der Waals surface area contributed by atoms with E-state index in [1.54, 1.807) is 12.0 Å². The van der Waals surface area contributed by atoms with Gasteiger partial charge in [0.1, 0.15) is 18.3 Å². The number of carbonyl (C=O) groups excluding carboxylic acids is 2. The number of carboxylic acids is 1. The quantitative estimate of drug-likeness (QED) is 0.810. The molecular weight excluding hydrogens is 372 g/mol. The molecule has 1 saturated heterocycles. The van der Waals surface area contributed by atoms with Crippen LogP contribution in [0.15, 0.2) is 42.5 Å². The molecule has 0 saturated carbocycles. The maximum Gasteiger partial charge on any atom is 0.322 e. The van der Waals surface area contributed by atoms with Gasteiger partial charge in [0.05, 0.1) is 13.2 Å². The molecule has 7 nitrogen and oxygen atoms in total. The van der Waals surface area contributed by atoms with Gasteiger partial charge in [-0.05, 0) is 35.2 Å². The minimum absolute atomic E-state index is 0.0705. The maximum absolute atomic E-state index is 12.6. The summed E-state index contributed by atoms with van der Waals surface area (Å²) in [5.74, 6) is -0.834. The van der Waals surface area contributed by atoms with Gasteiger partial charge < -0.3 is 20.1 Å². The van der Waals surface area contributed by atoms with E-state index in [1.165, 1.54) is 0 Å². The first-order valence-electron chi connectivity index (χ1n) is 9.56. The monoisotopic (exact) mass is 394 g/mol. The van der Waals surface area contributed by atoms with Gasteiger partial charge in [-0.3, -0.25) is 14.4 Å². The average molecular weight is 394 g/mol. The highest BCUT2D eigenvalue weighted by atomic mass is 16.5. The van der Waals surface area contributed by atoms with Crippen molar-refractivity contribution in [3.8, 4) is 16.9 Å². The molecule has 2 amide bonds. The van der Waals surface area contributed by atoms with Gasteiger partial charge in [0, 0.05) is 18.4 Å². The molecule has 4 rings (SSSR count). The van der Waals surface area contributed by atoms with E-state index in [0.29, 0.717) is 19.3 Å². The van der Waals surface area contributed by atoms with Gasteiger partial charge in [-0.1, -0.05) is 30.3 Å². The molecule has 2 aliphatic rings. The lowest BCUT2D eigenvalue weighted by molar-refractivity contribution is -0.142. The van der Waals surface area contributed by atoms with Crippen LogP contribution in [0.3, 0.4) is 0 Å². The summed E-state index contributed by atoms with van der Waals surface area (Å²) < 4.78 is 5.48. The minimum atomic E-state index is -1.11. The Morgan fingerprint density at radius 3 is 2.79 bits per heavy atom. The number of fused-ring (bicyclic) bond motifs is 3. The molecule has 0 spiro atoms. The number of benzene rings is 2. The van der Waals surface area contributed by atoms with Crippen molar-refractivity contribution < 1.29 is 24.2 Å². The van der Waals surface area contributed by atoms with Gasteiger partial charge in [0.2, 0.25) is 11.8 Å². The summed E-state index contributed by atoms with van der Waals surface area (Å²) in [5, 5.41) is 11.3. The fourth-order valence-corrected chi connectivity index (χ4v) is 4.35. The average Bonchev–Trinajstić information content (AvgIpc) is 3.13. The number of carboxylic acid groups (broad SMARTS) is 1. The summed E-state index contributed by atoms with van der Waals surface area (Å²) in [6.45, 7) is -0.457. The normalized spacial score (nSPS) is 20.0. The Hall–Kier alpha value is -3.35. The zero-order valence-corrected chi connectivity index (χ0v) is 16.1. The second-order valence-electron chi connectivity index (χ2n) is 7.30. The molecule has 2 N–H and O–H groups in total. The van der Waals surface area contributed by atoms with Gasteiger partial charge in [0.15, 0.2) is 0 Å². The molecule has 2 aromatic rings. The lowest BCUT2D eigenvalue weighted by atomic mass is 9.86. The first-order valence-corrected chi connectivity index (χ1v) is 9.56. The molecule has 150 valence electrons. The summed E-state index contributed by atoms with van der Waals surface area (Å²) in [6, 6.07) is 13.0. The van der Waals surface area contributed by atoms with Crippen LogP contribution in [0.1, 0.15) is 30.0 Å². The second-order valence-corrected chi connectivity index (χ2v) is 7.30. The zero-order chi connectivity index (χ0) is 20.5. The predicted octanol–water partition coefficient (Wildman–Crippen LogP) is 2.15. The number of methoxy groups -OCH3 is 1. The first kappa shape index (κ1) is 19.0. The summed E-state index contributed by atoms with van der Waals surface area (Å²) in [5.41, 5.74) is 4.01. The van der Waals surface area contributed by atoms with Crippen molar-refractivity contribution in [2.24, 2.45) is 0 Å². The molecule has 0 aliphatic carbocycles. The largest absolute Gasteiger partial charge is 0.496 e. The number of ether oxygens (including phenoxy) is 1. The topological polar surface area (TPSA) is 95.9 Å². The number of hydrogen-bond donors (Lipinski definition) is 2. The van der Waals surface area contributed by atoms with Crippen molar-refractivity contribution >= 4 is 17.8 Å². The lowest BCUT2D eigenvalue weighted by Crippen LogP contribution is -2.52. The van der Waals surface area contributed by atoms with Gasteiger partial charge in [-0.25, -0.2) is 0 Å². The third-order valence-corrected chi connectivity index (χ3v) is 5.64. The van der Waals surface area contributed by atoms with Crippen LogP contribution in [0.25, 0.3) is 11.1 Å². The minimum Gasteiger partial charge on any atom is -0.496 e. The van der Waals surface area contributed by atoms with Crippen LogP contribution in [0.2, 0.25) is 0 Å². The number of para-hydroxylation sites is 1. The molecule has 0 aromatic heterocycles. The van der Waals surface area contributed by atoms with Crippen LogP contribution < -0.4 is 10.1 Å². The Morgan fingerprint density at radius 2 is 2.03 bits per heavy atom. The zero-order valence-electron chi connectivity index (χ0n) is 16.1. The first-order chi connectivity index (χ1) is 14.0. The van der Waals surface area contributed by atoms with E-state index in [0.717, 1.165) is 28.0 Å². The number of rotatable bonds is 5. The highest BCUT2D eigenvalue weighted by Crippen LogP contribution is 2.43. The third-order valence-electron chi connectivity index (χ3n) is 5.64. The highest BCUT2D eigenvalue weighted by molar-refractivity contribution is 5.91. The Labute approximate surface area is 168 Å². The summed E-state index contributed by atoms with van der Waals surface area (Å²) in [4.78, 5) is 37.6. The van der Waals surface area contributed by atoms with Crippen LogP contribution in [0.4, 0.5) is 0 Å². The Bertz CT molecular complexity index is 987. The van der Waals surface area contributed by atoms with Gasteiger partial charge in [-0.2, -0.15) is 0 Å². The molecule has 0 unspecified atom stereocenters. The van der Waals surface area contributed by atoms with Crippen LogP contribution in [0, 0.1) is 0 Å². The molecule has 1 fully saturated rings. The maximum atomic E-state index is 12.6. The van der Waals surface area contributed by atoms with Gasteiger partial charge in [0.25, 0.3) is 0 Å². The fraction of sp³-hybridized carbons (Fsp3) is 0.318. The van der Waals surface area contributed by atoms with Crippen LogP contribution in [0.5, 0.6) is 5.75 Å². The summed E-state index contributed by atoms with van der Waals surface area (Å²) in [7, 11) is 1.63. The third kappa shape index (κ3) is 3.44. The Balaban J connectivity index is 1.70. The van der Waals surface area contributed by atoms with Crippen molar-refractivity contribution in [2.45, 2.75) is 31.3 Å². The number of aliphatic carboxylic acids is 1. The van der Waals surface area contributed by atoms with E-state index in [2.05, 4.69) is 11.4 Å². The molecule has 29 heavy (non-hydrogen) atoms.